The van der Waals surface area contributed by atoms with E-state index in [0.29, 0.717) is 44.8 Å². The largest absolute Gasteiger partial charge is 0.508 e. The SMILES string of the molecule is O=C1c2ccccc2C(=O)c2c(NCc3ccccc3O)ccc(NCc3ccccc3O)c21. The summed E-state index contributed by atoms with van der Waals surface area (Å²) in [5, 5.41) is 26.7. The van der Waals surface area contributed by atoms with Gasteiger partial charge in [-0.05, 0) is 24.3 Å². The quantitative estimate of drug-likeness (QED) is 0.287. The van der Waals surface area contributed by atoms with Crippen LogP contribution in [0.5, 0.6) is 11.5 Å². The standard InChI is InChI=1S/C28H22N2O4/c31-23-11-5-1-7-17(23)15-29-21-13-14-22(30-16-18-8-2-6-12-24(18)32)26-25(21)27(33)19-9-3-4-10-20(19)28(26)34/h1-14,29-32H,15-16H2. The molecule has 0 bridgehead atoms. The highest BCUT2D eigenvalue weighted by Crippen LogP contribution is 2.37. The summed E-state index contributed by atoms with van der Waals surface area (Å²) in [6.07, 6.45) is 0. The van der Waals surface area contributed by atoms with Crippen molar-refractivity contribution in [2.24, 2.45) is 0 Å². The number of fused-ring (bicyclic) bond motifs is 2. The Hall–Kier alpha value is -4.58. The Bertz CT molecular complexity index is 1320. The van der Waals surface area contributed by atoms with E-state index in [-0.39, 0.29) is 36.2 Å². The van der Waals surface area contributed by atoms with E-state index >= 15 is 0 Å². The molecule has 0 radical (unpaired) electrons. The summed E-state index contributed by atoms with van der Waals surface area (Å²) in [5.74, 6) is -0.178. The van der Waals surface area contributed by atoms with Crippen LogP contribution in [0.2, 0.25) is 0 Å². The molecule has 4 N–H and O–H groups in total. The molecule has 1 aliphatic carbocycles. The molecule has 0 unspecified atom stereocenters. The topological polar surface area (TPSA) is 98.7 Å². The summed E-state index contributed by atoms with van der Waals surface area (Å²) in [6.45, 7) is 0.569. The van der Waals surface area contributed by atoms with Gasteiger partial charge in [0.05, 0.1) is 11.1 Å². The van der Waals surface area contributed by atoms with E-state index in [2.05, 4.69) is 10.6 Å². The van der Waals surface area contributed by atoms with Crippen molar-refractivity contribution < 1.29 is 19.8 Å². The molecule has 6 heteroatoms. The van der Waals surface area contributed by atoms with Gasteiger partial charge in [0, 0.05) is 46.7 Å². The van der Waals surface area contributed by atoms with Gasteiger partial charge in [-0.15, -0.1) is 0 Å². The summed E-state index contributed by atoms with van der Waals surface area (Å²) < 4.78 is 0. The van der Waals surface area contributed by atoms with Crippen molar-refractivity contribution in [1.82, 2.24) is 0 Å². The fraction of sp³-hybridized carbons (Fsp3) is 0.0714. The highest BCUT2D eigenvalue weighted by atomic mass is 16.3. The predicted octanol–water partition coefficient (Wildman–Crippen LogP) is 5.10. The normalized spacial score (nSPS) is 12.1. The summed E-state index contributed by atoms with van der Waals surface area (Å²) in [4.78, 5) is 27.0. The summed E-state index contributed by atoms with van der Waals surface area (Å²) in [5.41, 5.74) is 3.69. The molecule has 0 heterocycles. The molecule has 1 aliphatic rings. The second-order valence-electron chi connectivity index (χ2n) is 8.08. The molecule has 0 saturated heterocycles. The zero-order valence-electron chi connectivity index (χ0n) is 18.2. The van der Waals surface area contributed by atoms with Crippen LogP contribution >= 0.6 is 0 Å². The molecule has 4 aromatic rings. The van der Waals surface area contributed by atoms with Gasteiger partial charge in [-0.1, -0.05) is 60.7 Å². The predicted molar refractivity (Wildman–Crippen MR) is 131 cm³/mol. The number of nitrogens with one attached hydrogen (secondary N) is 2. The zero-order chi connectivity index (χ0) is 23.7. The van der Waals surface area contributed by atoms with Gasteiger partial charge in [-0.3, -0.25) is 9.59 Å². The summed E-state index contributed by atoms with van der Waals surface area (Å²) in [7, 11) is 0. The Morgan fingerprint density at radius 3 is 1.32 bits per heavy atom. The number of ketones is 2. The third kappa shape index (κ3) is 3.75. The Labute approximate surface area is 196 Å². The molecule has 0 spiro atoms. The van der Waals surface area contributed by atoms with Gasteiger partial charge in [-0.25, -0.2) is 0 Å². The molecule has 0 aliphatic heterocycles. The number of phenols is 2. The first-order valence-electron chi connectivity index (χ1n) is 10.9. The first kappa shape index (κ1) is 21.3. The van der Waals surface area contributed by atoms with E-state index in [0.717, 1.165) is 0 Å². The number of rotatable bonds is 6. The van der Waals surface area contributed by atoms with Crippen LogP contribution in [-0.2, 0) is 13.1 Å². The molecule has 0 fully saturated rings. The highest BCUT2D eigenvalue weighted by Gasteiger charge is 2.33. The van der Waals surface area contributed by atoms with Gasteiger partial charge >= 0.3 is 0 Å². The molecular formula is C28H22N2O4. The Kier molecular flexibility index (Phi) is 5.47. The smallest absolute Gasteiger partial charge is 0.196 e. The van der Waals surface area contributed by atoms with Gasteiger partial charge in [-0.2, -0.15) is 0 Å². The monoisotopic (exact) mass is 450 g/mol. The minimum Gasteiger partial charge on any atom is -0.508 e. The first-order chi connectivity index (χ1) is 16.5. The number of para-hydroxylation sites is 2. The second-order valence-corrected chi connectivity index (χ2v) is 8.08. The van der Waals surface area contributed by atoms with Crippen LogP contribution in [0.3, 0.4) is 0 Å². The maximum atomic E-state index is 13.5. The summed E-state index contributed by atoms with van der Waals surface area (Å²) >= 11 is 0. The average molecular weight is 450 g/mol. The van der Waals surface area contributed by atoms with Crippen LogP contribution in [-0.4, -0.2) is 21.8 Å². The van der Waals surface area contributed by atoms with Crippen LogP contribution in [0.25, 0.3) is 0 Å². The van der Waals surface area contributed by atoms with Crippen LogP contribution in [0.1, 0.15) is 43.0 Å². The molecular weight excluding hydrogens is 428 g/mol. The van der Waals surface area contributed by atoms with Crippen molar-refractivity contribution in [2.45, 2.75) is 13.1 Å². The van der Waals surface area contributed by atoms with Gasteiger partial charge in [0.1, 0.15) is 11.5 Å². The van der Waals surface area contributed by atoms with Gasteiger partial charge in [0.15, 0.2) is 11.6 Å². The Morgan fingerprint density at radius 1 is 0.529 bits per heavy atom. The number of phenolic OH excluding ortho intramolecular Hbond substituents is 2. The van der Waals surface area contributed by atoms with Gasteiger partial charge < -0.3 is 20.8 Å². The molecule has 168 valence electrons. The third-order valence-electron chi connectivity index (χ3n) is 6.00. The van der Waals surface area contributed by atoms with E-state index in [1.54, 1.807) is 72.8 Å². The number of aromatic hydroxyl groups is 2. The fourth-order valence-electron chi connectivity index (χ4n) is 4.22. The lowest BCUT2D eigenvalue weighted by Gasteiger charge is -2.24. The van der Waals surface area contributed by atoms with E-state index in [1.807, 2.05) is 12.1 Å². The van der Waals surface area contributed by atoms with E-state index in [1.165, 1.54) is 0 Å². The van der Waals surface area contributed by atoms with E-state index < -0.39 is 0 Å². The van der Waals surface area contributed by atoms with Crippen molar-refractivity contribution in [2.75, 3.05) is 10.6 Å². The molecule has 5 rings (SSSR count). The molecule has 34 heavy (non-hydrogen) atoms. The van der Waals surface area contributed by atoms with Crippen molar-refractivity contribution in [3.63, 3.8) is 0 Å². The Morgan fingerprint density at radius 2 is 0.912 bits per heavy atom. The minimum absolute atomic E-state index is 0.151. The molecule has 0 saturated carbocycles. The third-order valence-corrected chi connectivity index (χ3v) is 6.00. The fourth-order valence-corrected chi connectivity index (χ4v) is 4.22. The van der Waals surface area contributed by atoms with Crippen LogP contribution in [0, 0.1) is 0 Å². The van der Waals surface area contributed by atoms with Crippen molar-refractivity contribution >= 4 is 22.9 Å². The minimum atomic E-state index is -0.240. The number of hydrogen-bond acceptors (Lipinski definition) is 6. The maximum Gasteiger partial charge on any atom is 0.196 e. The maximum absolute atomic E-state index is 13.5. The van der Waals surface area contributed by atoms with Crippen LogP contribution in [0.4, 0.5) is 11.4 Å². The molecule has 0 amide bonds. The molecule has 4 aromatic carbocycles. The molecule has 6 nitrogen and oxygen atoms in total. The van der Waals surface area contributed by atoms with Crippen LogP contribution < -0.4 is 10.6 Å². The first-order valence-corrected chi connectivity index (χ1v) is 10.9. The number of hydrogen-bond donors (Lipinski definition) is 4. The lowest BCUT2D eigenvalue weighted by Crippen LogP contribution is -2.24. The van der Waals surface area contributed by atoms with Crippen molar-refractivity contribution in [3.8, 4) is 11.5 Å². The number of benzene rings is 4. The second kappa shape index (κ2) is 8.75. The number of carbonyl (C=O) groups is 2. The lowest BCUT2D eigenvalue weighted by atomic mass is 9.82. The van der Waals surface area contributed by atoms with E-state index in [4.69, 9.17) is 0 Å². The summed E-state index contributed by atoms with van der Waals surface area (Å²) in [6, 6.07) is 24.2. The number of carbonyl (C=O) groups excluding carboxylic acids is 2. The zero-order valence-corrected chi connectivity index (χ0v) is 18.2. The van der Waals surface area contributed by atoms with Crippen molar-refractivity contribution in [3.05, 3.63) is 118 Å². The van der Waals surface area contributed by atoms with Crippen LogP contribution in [0.15, 0.2) is 84.9 Å². The molecule has 0 atom stereocenters. The molecule has 0 aromatic heterocycles. The van der Waals surface area contributed by atoms with Gasteiger partial charge in [0.25, 0.3) is 0 Å². The lowest BCUT2D eigenvalue weighted by molar-refractivity contribution is 0.0980. The van der Waals surface area contributed by atoms with E-state index in [9.17, 15) is 19.8 Å². The Balaban J connectivity index is 1.55. The van der Waals surface area contributed by atoms with Gasteiger partial charge in [0.2, 0.25) is 0 Å². The number of anilines is 2. The average Bonchev–Trinajstić information content (AvgIpc) is 2.86. The van der Waals surface area contributed by atoms with Crippen molar-refractivity contribution in [1.29, 1.82) is 0 Å². The highest BCUT2D eigenvalue weighted by molar-refractivity contribution is 6.31.